The second-order valence-electron chi connectivity index (χ2n) is 15.5. The minimum atomic E-state index is 1.22. The van der Waals surface area contributed by atoms with Gasteiger partial charge < -0.3 is 0 Å². The molecular formula is C45H89N2+. The zero-order valence-electron chi connectivity index (χ0n) is 33.1. The van der Waals surface area contributed by atoms with Crippen molar-refractivity contribution in [3.63, 3.8) is 0 Å². The molecule has 1 aromatic rings. The van der Waals surface area contributed by atoms with E-state index in [-0.39, 0.29) is 0 Å². The van der Waals surface area contributed by atoms with Crippen molar-refractivity contribution in [2.45, 2.75) is 271 Å². The molecule has 0 saturated heterocycles. The summed E-state index contributed by atoms with van der Waals surface area (Å²) >= 11 is 0. The monoisotopic (exact) mass is 658 g/mol. The molecule has 47 heavy (non-hydrogen) atoms. The molecule has 0 aliphatic carbocycles. The van der Waals surface area contributed by atoms with Crippen LogP contribution in [0.5, 0.6) is 0 Å². The Morgan fingerprint density at radius 1 is 0.362 bits per heavy atom. The lowest BCUT2D eigenvalue weighted by Crippen LogP contribution is -2.37. The summed E-state index contributed by atoms with van der Waals surface area (Å²) in [7, 11) is 0. The normalized spacial score (nSPS) is 11.6. The predicted molar refractivity (Wildman–Crippen MR) is 212 cm³/mol. The molecule has 0 unspecified atom stereocenters. The van der Waals surface area contributed by atoms with Gasteiger partial charge >= 0.3 is 0 Å². The van der Waals surface area contributed by atoms with Gasteiger partial charge in [-0.25, -0.2) is 9.13 Å². The SMILES string of the molecule is CCCCCCCCCCCCCCCCCCC[n+]1ccn(CCCCCC)c1CCCCCCCCCCCCCCCCC. The van der Waals surface area contributed by atoms with Crippen LogP contribution in [-0.4, -0.2) is 4.57 Å². The van der Waals surface area contributed by atoms with Gasteiger partial charge in [-0.2, -0.15) is 0 Å². The number of aryl methyl sites for hydroxylation is 2. The lowest BCUT2D eigenvalue weighted by atomic mass is 10.0. The molecule has 0 atom stereocenters. The van der Waals surface area contributed by atoms with Crippen LogP contribution in [0.4, 0.5) is 0 Å². The van der Waals surface area contributed by atoms with E-state index < -0.39 is 0 Å². The van der Waals surface area contributed by atoms with Crippen molar-refractivity contribution in [3.8, 4) is 0 Å². The summed E-state index contributed by atoms with van der Waals surface area (Å²) in [5.41, 5.74) is 0. The first-order chi connectivity index (χ1) is 23.3. The molecule has 0 aromatic carbocycles. The van der Waals surface area contributed by atoms with Crippen molar-refractivity contribution in [1.29, 1.82) is 0 Å². The minimum absolute atomic E-state index is 1.22. The second kappa shape index (κ2) is 36.5. The number of rotatable bonds is 39. The average Bonchev–Trinajstić information content (AvgIpc) is 3.47. The summed E-state index contributed by atoms with van der Waals surface area (Å²) in [6.07, 6.45) is 57.9. The Hall–Kier alpha value is -0.790. The number of imidazole rings is 1. The Bertz CT molecular complexity index is 722. The summed E-state index contributed by atoms with van der Waals surface area (Å²) in [6.45, 7) is 9.40. The molecule has 0 radical (unpaired) electrons. The van der Waals surface area contributed by atoms with Crippen molar-refractivity contribution in [2.75, 3.05) is 0 Å². The first-order valence-electron chi connectivity index (χ1n) is 22.4. The molecular weight excluding hydrogens is 569 g/mol. The van der Waals surface area contributed by atoms with E-state index in [0.717, 1.165) is 0 Å². The maximum absolute atomic E-state index is 2.63. The van der Waals surface area contributed by atoms with E-state index in [1.54, 1.807) is 5.82 Å². The lowest BCUT2D eigenvalue weighted by molar-refractivity contribution is -0.704. The number of unbranched alkanes of at least 4 members (excludes halogenated alkanes) is 33. The van der Waals surface area contributed by atoms with Gasteiger partial charge in [0, 0.05) is 6.42 Å². The van der Waals surface area contributed by atoms with E-state index in [2.05, 4.69) is 42.3 Å². The molecule has 0 bridgehead atoms. The summed E-state index contributed by atoms with van der Waals surface area (Å²) in [6, 6.07) is 0. The highest BCUT2D eigenvalue weighted by Crippen LogP contribution is 2.16. The third-order valence-electron chi connectivity index (χ3n) is 10.8. The van der Waals surface area contributed by atoms with Gasteiger partial charge in [-0.05, 0) is 32.1 Å². The second-order valence-corrected chi connectivity index (χ2v) is 15.5. The van der Waals surface area contributed by atoms with E-state index in [1.165, 1.54) is 251 Å². The summed E-state index contributed by atoms with van der Waals surface area (Å²) < 4.78 is 5.25. The largest absolute Gasteiger partial charge is 0.256 e. The minimum Gasteiger partial charge on any atom is -0.234 e. The Morgan fingerprint density at radius 2 is 0.660 bits per heavy atom. The molecule has 1 aromatic heterocycles. The molecule has 0 N–H and O–H groups in total. The molecule has 0 saturated carbocycles. The van der Waals surface area contributed by atoms with Gasteiger partial charge in [0.25, 0.3) is 5.82 Å². The molecule has 278 valence electrons. The van der Waals surface area contributed by atoms with E-state index >= 15 is 0 Å². The zero-order chi connectivity index (χ0) is 33.7. The van der Waals surface area contributed by atoms with Gasteiger partial charge in [-0.3, -0.25) is 0 Å². The predicted octanol–water partition coefficient (Wildman–Crippen LogP) is 15.4. The highest BCUT2D eigenvalue weighted by Gasteiger charge is 2.16. The van der Waals surface area contributed by atoms with Gasteiger partial charge in [-0.15, -0.1) is 0 Å². The fourth-order valence-electron chi connectivity index (χ4n) is 7.56. The van der Waals surface area contributed by atoms with Crippen molar-refractivity contribution in [2.24, 2.45) is 0 Å². The summed E-state index contributed by atoms with van der Waals surface area (Å²) in [4.78, 5) is 0. The molecule has 1 heterocycles. The van der Waals surface area contributed by atoms with Crippen molar-refractivity contribution >= 4 is 0 Å². The van der Waals surface area contributed by atoms with E-state index in [4.69, 9.17) is 0 Å². The standard InChI is InChI=1S/C45H89N2/c1-4-7-10-13-15-17-19-21-23-24-26-28-30-32-34-36-39-42-47-44-43-46(41-38-12-9-6-3)45(47)40-37-35-33-31-29-27-25-22-20-18-16-14-11-8-5-2/h43-44H,4-42H2,1-3H3/q+1. The van der Waals surface area contributed by atoms with Gasteiger partial charge in [0.05, 0.1) is 13.1 Å². The smallest absolute Gasteiger partial charge is 0.234 e. The van der Waals surface area contributed by atoms with Gasteiger partial charge in [0.15, 0.2) is 0 Å². The lowest BCUT2D eigenvalue weighted by Gasteiger charge is -2.07. The van der Waals surface area contributed by atoms with E-state index in [0.29, 0.717) is 0 Å². The number of hydrogen-bond acceptors (Lipinski definition) is 0. The van der Waals surface area contributed by atoms with Crippen molar-refractivity contribution in [3.05, 3.63) is 18.2 Å². The quantitative estimate of drug-likeness (QED) is 0.0492. The average molecular weight is 658 g/mol. The Balaban J connectivity index is 2.11. The Morgan fingerprint density at radius 3 is 1.02 bits per heavy atom. The fourth-order valence-corrected chi connectivity index (χ4v) is 7.56. The number of aromatic nitrogens is 2. The maximum atomic E-state index is 2.63. The van der Waals surface area contributed by atoms with Crippen LogP contribution in [0, 0.1) is 0 Å². The summed E-state index contributed by atoms with van der Waals surface area (Å²) in [5, 5.41) is 0. The molecule has 0 aliphatic rings. The molecule has 0 amide bonds. The first kappa shape index (κ1) is 44.2. The van der Waals surface area contributed by atoms with Crippen LogP contribution in [0.3, 0.4) is 0 Å². The zero-order valence-corrected chi connectivity index (χ0v) is 33.1. The van der Waals surface area contributed by atoms with Crippen molar-refractivity contribution in [1.82, 2.24) is 4.57 Å². The van der Waals surface area contributed by atoms with Crippen LogP contribution in [0.2, 0.25) is 0 Å². The van der Waals surface area contributed by atoms with Crippen LogP contribution in [0.25, 0.3) is 0 Å². The fraction of sp³-hybridized carbons (Fsp3) is 0.933. The van der Waals surface area contributed by atoms with Gasteiger partial charge in [-0.1, -0.05) is 220 Å². The van der Waals surface area contributed by atoms with Crippen LogP contribution in [0.1, 0.15) is 258 Å². The molecule has 0 spiro atoms. The first-order valence-corrected chi connectivity index (χ1v) is 22.4. The van der Waals surface area contributed by atoms with Crippen LogP contribution >= 0.6 is 0 Å². The molecule has 2 heteroatoms. The molecule has 0 aliphatic heterocycles. The van der Waals surface area contributed by atoms with Crippen molar-refractivity contribution < 1.29 is 4.57 Å². The molecule has 1 rings (SSSR count). The third kappa shape index (κ3) is 28.7. The number of nitrogens with zero attached hydrogens (tertiary/aromatic N) is 2. The molecule has 2 nitrogen and oxygen atoms in total. The van der Waals surface area contributed by atoms with E-state index in [1.807, 2.05) is 0 Å². The van der Waals surface area contributed by atoms with Crippen LogP contribution in [0.15, 0.2) is 12.4 Å². The van der Waals surface area contributed by atoms with Gasteiger partial charge in [0.2, 0.25) is 0 Å². The maximum Gasteiger partial charge on any atom is 0.256 e. The third-order valence-corrected chi connectivity index (χ3v) is 10.8. The Labute approximate surface area is 298 Å². The number of hydrogen-bond donors (Lipinski definition) is 0. The highest BCUT2D eigenvalue weighted by molar-refractivity contribution is 4.84. The van der Waals surface area contributed by atoms with Gasteiger partial charge in [0.1, 0.15) is 12.4 Å². The van der Waals surface area contributed by atoms with Crippen LogP contribution in [-0.2, 0) is 19.5 Å². The van der Waals surface area contributed by atoms with E-state index in [9.17, 15) is 0 Å². The summed E-state index contributed by atoms with van der Waals surface area (Å²) in [5.74, 6) is 1.62. The Kier molecular flexibility index (Phi) is 34.3. The van der Waals surface area contributed by atoms with Crippen LogP contribution < -0.4 is 4.57 Å². The highest BCUT2D eigenvalue weighted by atomic mass is 15.1. The molecule has 0 fully saturated rings. The topological polar surface area (TPSA) is 8.81 Å².